The van der Waals surface area contributed by atoms with Gasteiger partial charge in [0.05, 0.1) is 0 Å². The molecule has 7 heteroatoms. The molecule has 0 aromatic carbocycles. The van der Waals surface area contributed by atoms with E-state index >= 15 is 0 Å². The highest BCUT2D eigenvalue weighted by molar-refractivity contribution is 7.89. The molecule has 0 saturated heterocycles. The zero-order chi connectivity index (χ0) is 14.5. The summed E-state index contributed by atoms with van der Waals surface area (Å²) in [5.41, 5.74) is 0. The van der Waals surface area contributed by atoms with Crippen molar-refractivity contribution in [3.8, 4) is 0 Å². The number of aldehydes is 1. The minimum absolute atomic E-state index is 0.0000777. The highest BCUT2D eigenvalue weighted by atomic mass is 32.2. The van der Waals surface area contributed by atoms with E-state index in [9.17, 15) is 13.2 Å². The van der Waals surface area contributed by atoms with Gasteiger partial charge in [-0.15, -0.1) is 0 Å². The fourth-order valence-corrected chi connectivity index (χ4v) is 2.41. The van der Waals surface area contributed by atoms with E-state index in [1.165, 1.54) is 12.1 Å². The van der Waals surface area contributed by atoms with Crippen LogP contribution in [-0.4, -0.2) is 45.8 Å². The summed E-state index contributed by atoms with van der Waals surface area (Å²) in [6.07, 6.45) is 1.17. The zero-order valence-corrected chi connectivity index (χ0v) is 12.2. The first-order valence-corrected chi connectivity index (χ1v) is 7.60. The Morgan fingerprint density at radius 3 is 2.63 bits per heavy atom. The number of sulfonamides is 1. The molecule has 0 spiro atoms. The normalized spacial score (nSPS) is 12.3. The van der Waals surface area contributed by atoms with Gasteiger partial charge >= 0.3 is 0 Å². The van der Waals surface area contributed by atoms with Crippen molar-refractivity contribution in [3.63, 3.8) is 0 Å². The van der Waals surface area contributed by atoms with Gasteiger partial charge in [0.2, 0.25) is 5.09 Å². The molecule has 0 saturated carbocycles. The SMILES string of the molecule is CC(C)N(C)CCCNS(=O)(=O)c1ccc(C=O)o1. The Morgan fingerprint density at radius 2 is 2.11 bits per heavy atom. The van der Waals surface area contributed by atoms with Gasteiger partial charge < -0.3 is 9.32 Å². The maximum atomic E-state index is 11.8. The van der Waals surface area contributed by atoms with Crippen molar-refractivity contribution in [2.75, 3.05) is 20.1 Å². The van der Waals surface area contributed by atoms with Crippen molar-refractivity contribution in [3.05, 3.63) is 17.9 Å². The van der Waals surface area contributed by atoms with E-state index < -0.39 is 10.0 Å². The standard InChI is InChI=1S/C12H20N2O4S/c1-10(2)14(3)8-4-7-13-19(16,17)12-6-5-11(9-15)18-12/h5-6,9-10,13H,4,7-8H2,1-3H3. The number of furan rings is 1. The number of hydrogen-bond acceptors (Lipinski definition) is 5. The van der Waals surface area contributed by atoms with Crippen LogP contribution in [0, 0.1) is 0 Å². The molecule has 1 rings (SSSR count). The first kappa shape index (κ1) is 15.9. The summed E-state index contributed by atoms with van der Waals surface area (Å²) in [5.74, 6) is -0.0000777. The van der Waals surface area contributed by atoms with Gasteiger partial charge in [0, 0.05) is 12.6 Å². The van der Waals surface area contributed by atoms with Crippen LogP contribution in [0.3, 0.4) is 0 Å². The predicted molar refractivity (Wildman–Crippen MR) is 71.7 cm³/mol. The van der Waals surface area contributed by atoms with Crippen LogP contribution in [-0.2, 0) is 10.0 Å². The summed E-state index contributed by atoms with van der Waals surface area (Å²) in [4.78, 5) is 12.6. The fraction of sp³-hybridized carbons (Fsp3) is 0.583. The number of rotatable bonds is 8. The quantitative estimate of drug-likeness (QED) is 0.572. The number of carbonyl (C=O) groups excluding carboxylic acids is 1. The van der Waals surface area contributed by atoms with Crippen molar-refractivity contribution in [2.45, 2.75) is 31.4 Å². The molecule has 0 atom stereocenters. The molecule has 0 aliphatic carbocycles. The Labute approximate surface area is 113 Å². The maximum Gasteiger partial charge on any atom is 0.273 e. The molecule has 0 radical (unpaired) electrons. The average molecular weight is 288 g/mol. The van der Waals surface area contributed by atoms with Crippen LogP contribution in [0.4, 0.5) is 0 Å². The molecule has 0 fully saturated rings. The van der Waals surface area contributed by atoms with Crippen LogP contribution >= 0.6 is 0 Å². The molecule has 0 amide bonds. The molecule has 1 heterocycles. The second-order valence-corrected chi connectivity index (χ2v) is 6.30. The largest absolute Gasteiger partial charge is 0.440 e. The Balaban J connectivity index is 2.45. The van der Waals surface area contributed by atoms with E-state index in [1.807, 2.05) is 7.05 Å². The lowest BCUT2D eigenvalue weighted by Gasteiger charge is -2.20. The lowest BCUT2D eigenvalue weighted by atomic mass is 10.3. The van der Waals surface area contributed by atoms with Gasteiger partial charge in [0.25, 0.3) is 10.0 Å². The van der Waals surface area contributed by atoms with Crippen molar-refractivity contribution >= 4 is 16.3 Å². The topological polar surface area (TPSA) is 79.6 Å². The Bertz CT molecular complexity index is 508. The Kier molecular flexibility index (Phi) is 5.71. The molecule has 6 nitrogen and oxygen atoms in total. The molecule has 1 N–H and O–H groups in total. The van der Waals surface area contributed by atoms with Gasteiger partial charge in [-0.3, -0.25) is 4.79 Å². The van der Waals surface area contributed by atoms with Crippen molar-refractivity contribution in [2.24, 2.45) is 0 Å². The first-order valence-electron chi connectivity index (χ1n) is 6.11. The zero-order valence-electron chi connectivity index (χ0n) is 11.4. The summed E-state index contributed by atoms with van der Waals surface area (Å²) in [6.45, 7) is 5.29. The molecule has 1 aromatic rings. The third-order valence-corrected chi connectivity index (χ3v) is 4.18. The molecular formula is C12H20N2O4S. The van der Waals surface area contributed by atoms with Gasteiger partial charge in [-0.25, -0.2) is 13.1 Å². The number of nitrogens with one attached hydrogen (secondary N) is 1. The minimum atomic E-state index is -3.66. The summed E-state index contributed by atoms with van der Waals surface area (Å²) >= 11 is 0. The van der Waals surface area contributed by atoms with Crippen molar-refractivity contribution in [1.82, 2.24) is 9.62 Å². The average Bonchev–Trinajstić information content (AvgIpc) is 2.83. The van der Waals surface area contributed by atoms with E-state index in [-0.39, 0.29) is 10.9 Å². The summed E-state index contributed by atoms with van der Waals surface area (Å²) < 4.78 is 30.9. The highest BCUT2D eigenvalue weighted by Gasteiger charge is 2.18. The highest BCUT2D eigenvalue weighted by Crippen LogP contribution is 2.12. The van der Waals surface area contributed by atoms with E-state index in [2.05, 4.69) is 23.5 Å². The Morgan fingerprint density at radius 1 is 1.42 bits per heavy atom. The predicted octanol–water partition coefficient (Wildman–Crippen LogP) is 1.10. The smallest absolute Gasteiger partial charge is 0.273 e. The lowest BCUT2D eigenvalue weighted by Crippen LogP contribution is -2.31. The van der Waals surface area contributed by atoms with E-state index in [4.69, 9.17) is 4.42 Å². The molecular weight excluding hydrogens is 268 g/mol. The molecule has 0 aliphatic rings. The molecule has 108 valence electrons. The number of hydrogen-bond donors (Lipinski definition) is 1. The first-order chi connectivity index (χ1) is 8.86. The van der Waals surface area contributed by atoms with Crippen LogP contribution in [0.25, 0.3) is 0 Å². The summed E-state index contributed by atoms with van der Waals surface area (Å²) in [5, 5.41) is -0.230. The number of carbonyl (C=O) groups is 1. The van der Waals surface area contributed by atoms with Crippen molar-refractivity contribution in [1.29, 1.82) is 0 Å². The molecule has 0 bridgehead atoms. The number of nitrogens with zero attached hydrogens (tertiary/aromatic N) is 1. The summed E-state index contributed by atoms with van der Waals surface area (Å²) in [7, 11) is -1.67. The Hall–Kier alpha value is -1.18. The summed E-state index contributed by atoms with van der Waals surface area (Å²) in [6, 6.07) is 3.03. The second kappa shape index (κ2) is 6.83. The molecule has 19 heavy (non-hydrogen) atoms. The second-order valence-electron chi connectivity index (χ2n) is 4.60. The van der Waals surface area contributed by atoms with Gasteiger partial charge in [-0.1, -0.05) is 0 Å². The van der Waals surface area contributed by atoms with E-state index in [0.29, 0.717) is 25.3 Å². The molecule has 0 unspecified atom stereocenters. The van der Waals surface area contributed by atoms with Crippen LogP contribution < -0.4 is 4.72 Å². The third kappa shape index (κ3) is 4.77. The van der Waals surface area contributed by atoms with Gasteiger partial charge in [-0.2, -0.15) is 0 Å². The third-order valence-electron chi connectivity index (χ3n) is 2.84. The van der Waals surface area contributed by atoms with Crippen LogP contribution in [0.5, 0.6) is 0 Å². The van der Waals surface area contributed by atoms with Crippen LogP contribution in [0.15, 0.2) is 21.6 Å². The monoisotopic (exact) mass is 288 g/mol. The molecule has 0 aliphatic heterocycles. The van der Waals surface area contributed by atoms with Crippen LogP contribution in [0.1, 0.15) is 30.8 Å². The van der Waals surface area contributed by atoms with E-state index in [0.717, 1.165) is 6.54 Å². The van der Waals surface area contributed by atoms with Gasteiger partial charge in [-0.05, 0) is 46.0 Å². The van der Waals surface area contributed by atoms with Crippen molar-refractivity contribution < 1.29 is 17.6 Å². The van der Waals surface area contributed by atoms with E-state index in [1.54, 1.807) is 0 Å². The maximum absolute atomic E-state index is 11.8. The van der Waals surface area contributed by atoms with Gasteiger partial charge in [0.15, 0.2) is 12.0 Å². The molecule has 1 aromatic heterocycles. The lowest BCUT2D eigenvalue weighted by molar-refractivity contribution is 0.109. The minimum Gasteiger partial charge on any atom is -0.440 e. The van der Waals surface area contributed by atoms with Crippen LogP contribution in [0.2, 0.25) is 0 Å². The fourth-order valence-electron chi connectivity index (χ4n) is 1.41. The van der Waals surface area contributed by atoms with Gasteiger partial charge in [0.1, 0.15) is 0 Å².